The fraction of sp³-hybridized carbons (Fsp3) is 0.571. The van der Waals surface area contributed by atoms with Gasteiger partial charge < -0.3 is 10.1 Å². The van der Waals surface area contributed by atoms with E-state index in [4.69, 9.17) is 4.74 Å². The predicted octanol–water partition coefficient (Wildman–Crippen LogP) is 3.59. The summed E-state index contributed by atoms with van der Waals surface area (Å²) in [6.45, 7) is 6.72. The molecular formula is C14H22N2O3. The second-order valence-electron chi connectivity index (χ2n) is 5.11. The largest absolute Gasteiger partial charge is 0.383 e. The molecule has 106 valence electrons. The molecular weight excluding hydrogens is 244 g/mol. The van der Waals surface area contributed by atoms with Crippen molar-refractivity contribution in [1.29, 1.82) is 0 Å². The van der Waals surface area contributed by atoms with Crippen LogP contribution in [0.2, 0.25) is 0 Å². The Kier molecular flexibility index (Phi) is 5.76. The lowest BCUT2D eigenvalue weighted by molar-refractivity contribution is -0.384. The predicted molar refractivity (Wildman–Crippen MR) is 76.3 cm³/mol. The summed E-state index contributed by atoms with van der Waals surface area (Å²) >= 11 is 0. The molecule has 0 bridgehead atoms. The van der Waals surface area contributed by atoms with Crippen molar-refractivity contribution in [2.45, 2.75) is 39.9 Å². The second-order valence-corrected chi connectivity index (χ2v) is 5.11. The minimum Gasteiger partial charge on any atom is -0.383 e. The van der Waals surface area contributed by atoms with E-state index in [1.165, 1.54) is 0 Å². The van der Waals surface area contributed by atoms with Crippen LogP contribution in [0.4, 0.5) is 11.4 Å². The Morgan fingerprint density at radius 3 is 2.58 bits per heavy atom. The molecule has 5 heteroatoms. The number of benzene rings is 1. The maximum absolute atomic E-state index is 10.9. The maximum Gasteiger partial charge on any atom is 0.292 e. The Labute approximate surface area is 114 Å². The lowest BCUT2D eigenvalue weighted by atomic mass is 10.1. The number of anilines is 1. The van der Waals surface area contributed by atoms with Crippen LogP contribution in [0, 0.1) is 16.0 Å². The molecule has 0 aromatic heterocycles. The minimum absolute atomic E-state index is 0.0834. The van der Waals surface area contributed by atoms with E-state index in [1.807, 2.05) is 13.0 Å². The number of ether oxygens (including phenoxy) is 1. The number of nitro groups is 1. The van der Waals surface area contributed by atoms with Gasteiger partial charge in [-0.15, -0.1) is 0 Å². The average molecular weight is 266 g/mol. The first-order chi connectivity index (χ1) is 8.93. The van der Waals surface area contributed by atoms with Gasteiger partial charge in [-0.25, -0.2) is 0 Å². The van der Waals surface area contributed by atoms with Gasteiger partial charge in [0.1, 0.15) is 5.69 Å². The van der Waals surface area contributed by atoms with Gasteiger partial charge in [0.2, 0.25) is 0 Å². The molecule has 1 aromatic carbocycles. The highest BCUT2D eigenvalue weighted by Crippen LogP contribution is 2.25. The summed E-state index contributed by atoms with van der Waals surface area (Å²) in [5.41, 5.74) is 1.42. The smallest absolute Gasteiger partial charge is 0.292 e. The van der Waals surface area contributed by atoms with Crippen molar-refractivity contribution in [2.24, 2.45) is 5.92 Å². The van der Waals surface area contributed by atoms with E-state index in [1.54, 1.807) is 19.2 Å². The van der Waals surface area contributed by atoms with E-state index in [-0.39, 0.29) is 16.7 Å². The molecule has 1 rings (SSSR count). The molecule has 0 spiro atoms. The second kappa shape index (κ2) is 7.09. The number of nitrogens with one attached hydrogen (secondary N) is 1. The molecule has 1 aromatic rings. The fourth-order valence-corrected chi connectivity index (χ4v) is 2.00. The summed E-state index contributed by atoms with van der Waals surface area (Å²) in [5, 5.41) is 13.8. The third-order valence-electron chi connectivity index (χ3n) is 2.87. The molecule has 0 aliphatic carbocycles. The van der Waals surface area contributed by atoms with Gasteiger partial charge in [-0.05, 0) is 30.9 Å². The van der Waals surface area contributed by atoms with Crippen molar-refractivity contribution < 1.29 is 9.66 Å². The quantitative estimate of drug-likeness (QED) is 0.605. The molecule has 0 fully saturated rings. The minimum atomic E-state index is -0.382. The van der Waals surface area contributed by atoms with Crippen LogP contribution in [-0.4, -0.2) is 18.1 Å². The summed E-state index contributed by atoms with van der Waals surface area (Å²) < 4.78 is 5.70. The van der Waals surface area contributed by atoms with Gasteiger partial charge >= 0.3 is 0 Å². The molecule has 0 amide bonds. The third kappa shape index (κ3) is 4.87. The van der Waals surface area contributed by atoms with E-state index >= 15 is 0 Å². The summed E-state index contributed by atoms with van der Waals surface area (Å²) in [6.07, 6.45) is 1.14. The zero-order valence-electron chi connectivity index (χ0n) is 12.0. The van der Waals surface area contributed by atoms with E-state index in [9.17, 15) is 10.1 Å². The summed E-state index contributed by atoms with van der Waals surface area (Å²) in [5.74, 6) is 0.580. The van der Waals surface area contributed by atoms with Crippen molar-refractivity contribution in [2.75, 3.05) is 12.4 Å². The van der Waals surface area contributed by atoms with Crippen LogP contribution >= 0.6 is 0 Å². The molecule has 1 unspecified atom stereocenters. The van der Waals surface area contributed by atoms with Crippen molar-refractivity contribution in [3.8, 4) is 0 Å². The van der Waals surface area contributed by atoms with Crippen molar-refractivity contribution in [3.63, 3.8) is 0 Å². The Hall–Kier alpha value is -1.62. The molecule has 19 heavy (non-hydrogen) atoms. The standard InChI is InChI=1S/C14H22N2O3/c1-10(2)7-11(3)19-9-12-5-6-13(15-4)14(8-12)16(17)18/h5-6,8,10-11,15H,7,9H2,1-4H3. The normalized spacial score (nSPS) is 12.5. The Bertz CT molecular complexity index is 433. The number of hydrogen-bond acceptors (Lipinski definition) is 4. The summed E-state index contributed by atoms with van der Waals surface area (Å²) in [7, 11) is 1.67. The maximum atomic E-state index is 10.9. The van der Waals surface area contributed by atoms with Gasteiger partial charge in [-0.1, -0.05) is 19.9 Å². The van der Waals surface area contributed by atoms with Gasteiger partial charge in [0.25, 0.3) is 5.69 Å². The van der Waals surface area contributed by atoms with Crippen LogP contribution in [0.25, 0.3) is 0 Å². The number of nitro benzene ring substituents is 1. The first kappa shape index (κ1) is 15.4. The highest BCUT2D eigenvalue weighted by molar-refractivity contribution is 5.62. The average Bonchev–Trinajstić information content (AvgIpc) is 2.35. The van der Waals surface area contributed by atoms with Gasteiger partial charge in [0, 0.05) is 13.1 Å². The number of nitrogens with zero attached hydrogens (tertiary/aromatic N) is 1. The molecule has 0 aliphatic rings. The van der Waals surface area contributed by atoms with E-state index < -0.39 is 0 Å². The van der Waals surface area contributed by atoms with E-state index in [0.29, 0.717) is 18.2 Å². The van der Waals surface area contributed by atoms with E-state index in [0.717, 1.165) is 12.0 Å². The lowest BCUT2D eigenvalue weighted by Gasteiger charge is -2.15. The summed E-state index contributed by atoms with van der Waals surface area (Å²) in [6, 6.07) is 5.12. The van der Waals surface area contributed by atoms with Crippen LogP contribution in [0.3, 0.4) is 0 Å². The van der Waals surface area contributed by atoms with Crippen LogP contribution < -0.4 is 5.32 Å². The topological polar surface area (TPSA) is 64.4 Å². The van der Waals surface area contributed by atoms with Crippen molar-refractivity contribution >= 4 is 11.4 Å². The number of rotatable bonds is 7. The first-order valence-corrected chi connectivity index (χ1v) is 6.50. The lowest BCUT2D eigenvalue weighted by Crippen LogP contribution is -2.11. The molecule has 0 saturated heterocycles. The van der Waals surface area contributed by atoms with Crippen molar-refractivity contribution in [1.82, 2.24) is 0 Å². The molecule has 0 aliphatic heterocycles. The SMILES string of the molecule is CNc1ccc(COC(C)CC(C)C)cc1[N+](=O)[O-]. The Balaban J connectivity index is 2.69. The van der Waals surface area contributed by atoms with Crippen LogP contribution in [0.15, 0.2) is 18.2 Å². The molecule has 0 saturated carbocycles. The fourth-order valence-electron chi connectivity index (χ4n) is 2.00. The highest BCUT2D eigenvalue weighted by atomic mass is 16.6. The van der Waals surface area contributed by atoms with Crippen molar-refractivity contribution in [3.05, 3.63) is 33.9 Å². The first-order valence-electron chi connectivity index (χ1n) is 6.50. The van der Waals surface area contributed by atoms with E-state index in [2.05, 4.69) is 19.2 Å². The number of hydrogen-bond donors (Lipinski definition) is 1. The van der Waals surface area contributed by atoms with Gasteiger partial charge in [0.15, 0.2) is 0 Å². The van der Waals surface area contributed by atoms with Crippen LogP contribution in [0.5, 0.6) is 0 Å². The summed E-state index contributed by atoms with van der Waals surface area (Å²) in [4.78, 5) is 10.6. The Morgan fingerprint density at radius 2 is 2.05 bits per heavy atom. The van der Waals surface area contributed by atoms with Crippen LogP contribution in [-0.2, 0) is 11.3 Å². The molecule has 1 N–H and O–H groups in total. The molecule has 0 radical (unpaired) electrons. The zero-order chi connectivity index (χ0) is 14.4. The van der Waals surface area contributed by atoms with Gasteiger partial charge in [0.05, 0.1) is 17.6 Å². The zero-order valence-corrected chi connectivity index (χ0v) is 12.0. The third-order valence-corrected chi connectivity index (χ3v) is 2.87. The van der Waals surface area contributed by atoms with Gasteiger partial charge in [-0.2, -0.15) is 0 Å². The Morgan fingerprint density at radius 1 is 1.37 bits per heavy atom. The van der Waals surface area contributed by atoms with Crippen LogP contribution in [0.1, 0.15) is 32.8 Å². The molecule has 0 heterocycles. The molecule has 5 nitrogen and oxygen atoms in total. The monoisotopic (exact) mass is 266 g/mol. The highest BCUT2D eigenvalue weighted by Gasteiger charge is 2.14. The van der Waals surface area contributed by atoms with Gasteiger partial charge in [-0.3, -0.25) is 10.1 Å². The molecule has 1 atom stereocenters.